The summed E-state index contributed by atoms with van der Waals surface area (Å²) in [7, 11) is 0. The molecule has 0 saturated carbocycles. The zero-order chi connectivity index (χ0) is 19.5. The molecule has 3 aromatic rings. The van der Waals surface area contributed by atoms with Crippen LogP contribution in [0, 0.1) is 13.8 Å². The van der Waals surface area contributed by atoms with E-state index in [2.05, 4.69) is 49.5 Å². The Morgan fingerprint density at radius 3 is 2.64 bits per heavy atom. The summed E-state index contributed by atoms with van der Waals surface area (Å²) in [6.07, 6.45) is 0. The zero-order valence-corrected chi connectivity index (χ0v) is 17.7. The van der Waals surface area contributed by atoms with Crippen LogP contribution >= 0.6 is 23.5 Å². The quantitative estimate of drug-likeness (QED) is 0.615. The van der Waals surface area contributed by atoms with Gasteiger partial charge in [-0.15, -0.1) is 11.8 Å². The number of carbonyl (C=O) groups excluding carboxylic acids is 1. The van der Waals surface area contributed by atoms with Crippen LogP contribution in [0.2, 0.25) is 0 Å². The van der Waals surface area contributed by atoms with Gasteiger partial charge in [0.15, 0.2) is 0 Å². The molecule has 0 unspecified atom stereocenters. The third-order valence-electron chi connectivity index (χ3n) is 4.61. The molecule has 0 fully saturated rings. The number of hydrogen-bond donors (Lipinski definition) is 1. The van der Waals surface area contributed by atoms with Crippen LogP contribution in [0.5, 0.6) is 0 Å². The summed E-state index contributed by atoms with van der Waals surface area (Å²) in [4.78, 5) is 12.6. The smallest absolute Gasteiger partial charge is 0.235 e. The van der Waals surface area contributed by atoms with Crippen molar-refractivity contribution in [2.24, 2.45) is 0 Å². The molecule has 4 nitrogen and oxygen atoms in total. The Morgan fingerprint density at radius 2 is 1.89 bits per heavy atom. The van der Waals surface area contributed by atoms with Crippen molar-refractivity contribution in [2.45, 2.75) is 31.1 Å². The van der Waals surface area contributed by atoms with Gasteiger partial charge >= 0.3 is 0 Å². The molecule has 0 bridgehead atoms. The Bertz CT molecular complexity index is 978. The van der Waals surface area contributed by atoms with E-state index in [0.29, 0.717) is 5.75 Å². The summed E-state index contributed by atoms with van der Waals surface area (Å²) in [6.45, 7) is 4.17. The lowest BCUT2D eigenvalue weighted by molar-refractivity contribution is -0.113. The van der Waals surface area contributed by atoms with Gasteiger partial charge in [-0.2, -0.15) is 16.9 Å². The second kappa shape index (κ2) is 8.45. The van der Waals surface area contributed by atoms with Crippen LogP contribution in [0.3, 0.4) is 0 Å². The largest absolute Gasteiger partial charge is 0.310 e. The monoisotopic (exact) mass is 409 g/mol. The van der Waals surface area contributed by atoms with Gasteiger partial charge in [-0.1, -0.05) is 36.4 Å². The van der Waals surface area contributed by atoms with Crippen LogP contribution in [0.1, 0.15) is 27.9 Å². The number of aromatic nitrogens is 2. The molecule has 4 rings (SSSR count). The number of amides is 1. The van der Waals surface area contributed by atoms with Gasteiger partial charge in [0.2, 0.25) is 5.91 Å². The van der Waals surface area contributed by atoms with Crippen LogP contribution in [-0.2, 0) is 22.1 Å². The molecule has 1 aromatic heterocycles. The van der Waals surface area contributed by atoms with E-state index in [0.717, 1.165) is 40.0 Å². The van der Waals surface area contributed by atoms with E-state index < -0.39 is 0 Å². The molecule has 0 spiro atoms. The third kappa shape index (κ3) is 4.28. The van der Waals surface area contributed by atoms with Crippen LogP contribution < -0.4 is 5.32 Å². The first-order valence-electron chi connectivity index (χ1n) is 9.29. The number of rotatable bonds is 6. The number of aryl methyl sites for hydroxylation is 2. The van der Waals surface area contributed by atoms with E-state index in [1.54, 1.807) is 11.8 Å². The minimum Gasteiger partial charge on any atom is -0.310 e. The first-order chi connectivity index (χ1) is 13.6. The molecule has 1 N–H and O–H groups in total. The van der Waals surface area contributed by atoms with Gasteiger partial charge in [0, 0.05) is 22.8 Å². The number of fused-ring (bicyclic) bond motifs is 1. The van der Waals surface area contributed by atoms with Gasteiger partial charge in [0.05, 0.1) is 17.1 Å². The molecule has 0 saturated heterocycles. The standard InChI is InChI=1S/C22H23N3OS2/c1-15-8-16(2)10-18(9-15)25-22(19-12-28-13-20(19)24-25)23-21(26)14-27-11-17-6-4-3-5-7-17/h3-10H,11-14H2,1-2H3,(H,23,26). The number of carbonyl (C=O) groups is 1. The predicted molar refractivity (Wildman–Crippen MR) is 119 cm³/mol. The maximum atomic E-state index is 12.6. The van der Waals surface area contributed by atoms with E-state index in [1.807, 2.05) is 34.6 Å². The fourth-order valence-corrected chi connectivity index (χ4v) is 5.23. The fourth-order valence-electron chi connectivity index (χ4n) is 3.41. The lowest BCUT2D eigenvalue weighted by Gasteiger charge is -2.12. The minimum atomic E-state index is 0.0196. The van der Waals surface area contributed by atoms with Crippen molar-refractivity contribution in [3.05, 3.63) is 76.5 Å². The van der Waals surface area contributed by atoms with Gasteiger partial charge in [0.1, 0.15) is 5.82 Å². The zero-order valence-electron chi connectivity index (χ0n) is 16.1. The molecule has 1 aliphatic rings. The summed E-state index contributed by atoms with van der Waals surface area (Å²) in [6, 6.07) is 16.6. The number of hydrogen-bond acceptors (Lipinski definition) is 4. The average Bonchev–Trinajstić information content (AvgIpc) is 3.24. The molecular weight excluding hydrogens is 386 g/mol. The molecule has 2 aromatic carbocycles. The van der Waals surface area contributed by atoms with Gasteiger partial charge < -0.3 is 5.32 Å². The topological polar surface area (TPSA) is 46.9 Å². The molecule has 0 radical (unpaired) electrons. The number of nitrogens with zero attached hydrogens (tertiary/aromatic N) is 2. The molecule has 144 valence electrons. The average molecular weight is 410 g/mol. The lowest BCUT2D eigenvalue weighted by atomic mass is 10.1. The summed E-state index contributed by atoms with van der Waals surface area (Å²) in [5, 5.41) is 7.94. The molecule has 0 aliphatic carbocycles. The van der Waals surface area contributed by atoms with Crippen molar-refractivity contribution in [3.8, 4) is 5.69 Å². The Kier molecular flexibility index (Phi) is 5.78. The summed E-state index contributed by atoms with van der Waals surface area (Å²) in [5.74, 6) is 3.90. The Morgan fingerprint density at radius 1 is 1.14 bits per heavy atom. The highest BCUT2D eigenvalue weighted by molar-refractivity contribution is 7.99. The molecule has 1 aliphatic heterocycles. The first kappa shape index (κ1) is 19.2. The number of thioether (sulfide) groups is 2. The van der Waals surface area contributed by atoms with Crippen LogP contribution in [0.15, 0.2) is 48.5 Å². The number of nitrogens with one attached hydrogen (secondary N) is 1. The van der Waals surface area contributed by atoms with E-state index in [1.165, 1.54) is 16.7 Å². The lowest BCUT2D eigenvalue weighted by Crippen LogP contribution is -2.18. The number of anilines is 1. The highest BCUT2D eigenvalue weighted by Gasteiger charge is 2.24. The second-order valence-electron chi connectivity index (χ2n) is 7.05. The summed E-state index contributed by atoms with van der Waals surface area (Å²) >= 11 is 3.47. The van der Waals surface area contributed by atoms with E-state index in [4.69, 9.17) is 5.10 Å². The van der Waals surface area contributed by atoms with Crippen molar-refractivity contribution in [3.63, 3.8) is 0 Å². The van der Waals surface area contributed by atoms with Crippen molar-refractivity contribution in [1.29, 1.82) is 0 Å². The van der Waals surface area contributed by atoms with E-state index in [-0.39, 0.29) is 5.91 Å². The molecule has 2 heterocycles. The van der Waals surface area contributed by atoms with E-state index in [9.17, 15) is 4.79 Å². The molecule has 1 amide bonds. The second-order valence-corrected chi connectivity index (χ2v) is 9.02. The van der Waals surface area contributed by atoms with Crippen LogP contribution in [-0.4, -0.2) is 21.4 Å². The normalized spacial score (nSPS) is 12.8. The van der Waals surface area contributed by atoms with Crippen LogP contribution in [0.25, 0.3) is 5.69 Å². The van der Waals surface area contributed by atoms with Crippen molar-refractivity contribution < 1.29 is 4.79 Å². The van der Waals surface area contributed by atoms with Crippen molar-refractivity contribution >= 4 is 35.2 Å². The Balaban J connectivity index is 1.51. The third-order valence-corrected chi connectivity index (χ3v) is 6.58. The van der Waals surface area contributed by atoms with Crippen molar-refractivity contribution in [1.82, 2.24) is 9.78 Å². The number of benzene rings is 2. The van der Waals surface area contributed by atoms with Gasteiger partial charge in [0.25, 0.3) is 0 Å². The Labute approximate surface area is 174 Å². The maximum absolute atomic E-state index is 12.6. The molecule has 0 atom stereocenters. The highest BCUT2D eigenvalue weighted by atomic mass is 32.2. The Hall–Kier alpha value is -2.18. The summed E-state index contributed by atoms with van der Waals surface area (Å²) in [5.41, 5.74) is 6.86. The first-order valence-corrected chi connectivity index (χ1v) is 11.6. The van der Waals surface area contributed by atoms with Gasteiger partial charge in [-0.05, 0) is 42.7 Å². The maximum Gasteiger partial charge on any atom is 0.235 e. The summed E-state index contributed by atoms with van der Waals surface area (Å²) < 4.78 is 1.91. The van der Waals surface area contributed by atoms with Crippen LogP contribution in [0.4, 0.5) is 5.82 Å². The predicted octanol–water partition coefficient (Wildman–Crippen LogP) is 5.11. The highest BCUT2D eigenvalue weighted by Crippen LogP contribution is 2.36. The van der Waals surface area contributed by atoms with E-state index >= 15 is 0 Å². The van der Waals surface area contributed by atoms with Crippen molar-refractivity contribution in [2.75, 3.05) is 11.1 Å². The molecular formula is C22H23N3OS2. The SMILES string of the molecule is Cc1cc(C)cc(-n2nc3c(c2NC(=O)CSCc2ccccc2)CSC3)c1. The van der Waals surface area contributed by atoms with Gasteiger partial charge in [-0.3, -0.25) is 4.79 Å². The van der Waals surface area contributed by atoms with Gasteiger partial charge in [-0.25, -0.2) is 4.68 Å². The molecule has 6 heteroatoms. The fraction of sp³-hybridized carbons (Fsp3) is 0.273. The minimum absolute atomic E-state index is 0.0196. The molecule has 28 heavy (non-hydrogen) atoms.